The zero-order chi connectivity index (χ0) is 13.0. The van der Waals surface area contributed by atoms with Gasteiger partial charge >= 0.3 is 0 Å². The number of carbonyl (C=O) groups excluding carboxylic acids is 1. The third kappa shape index (κ3) is 3.29. The molecule has 1 aliphatic heterocycles. The molecule has 1 amide bonds. The molecule has 0 atom stereocenters. The number of nitrogens with zero attached hydrogens (tertiary/aromatic N) is 2. The van der Waals surface area contributed by atoms with Crippen molar-refractivity contribution < 1.29 is 9.18 Å². The molecule has 1 saturated heterocycles. The van der Waals surface area contributed by atoms with Crippen molar-refractivity contribution in [1.82, 2.24) is 9.80 Å². The number of halogens is 1. The van der Waals surface area contributed by atoms with E-state index in [9.17, 15) is 9.18 Å². The molecular formula is C14H19FN2O. The summed E-state index contributed by atoms with van der Waals surface area (Å²) in [5.74, 6) is 0.0349. The largest absolute Gasteiger partial charge is 0.340 e. The second-order valence-corrected chi connectivity index (χ2v) is 4.64. The third-order valence-corrected chi connectivity index (χ3v) is 3.32. The summed E-state index contributed by atoms with van der Waals surface area (Å²) in [5.41, 5.74) is 0.991. The van der Waals surface area contributed by atoms with Gasteiger partial charge in [-0.2, -0.15) is 0 Å². The van der Waals surface area contributed by atoms with Crippen LogP contribution in [0.3, 0.4) is 0 Å². The highest BCUT2D eigenvalue weighted by molar-refractivity contribution is 5.75. The number of benzene rings is 1. The molecule has 0 unspecified atom stereocenters. The van der Waals surface area contributed by atoms with Gasteiger partial charge in [0, 0.05) is 39.1 Å². The zero-order valence-corrected chi connectivity index (χ0v) is 10.7. The molecule has 3 nitrogen and oxygen atoms in total. The molecule has 0 aromatic heterocycles. The quantitative estimate of drug-likeness (QED) is 0.817. The fourth-order valence-corrected chi connectivity index (χ4v) is 2.27. The van der Waals surface area contributed by atoms with Crippen molar-refractivity contribution in [2.24, 2.45) is 0 Å². The van der Waals surface area contributed by atoms with Crippen LogP contribution in [0, 0.1) is 5.82 Å². The van der Waals surface area contributed by atoms with Gasteiger partial charge in [-0.3, -0.25) is 9.69 Å². The first kappa shape index (κ1) is 13.0. The topological polar surface area (TPSA) is 23.6 Å². The van der Waals surface area contributed by atoms with Crippen molar-refractivity contribution in [2.45, 2.75) is 19.9 Å². The Bertz CT molecular complexity index is 414. The average Bonchev–Trinajstić information content (AvgIpc) is 2.39. The van der Waals surface area contributed by atoms with Crippen LogP contribution in [0.25, 0.3) is 0 Å². The van der Waals surface area contributed by atoms with Crippen LogP contribution in [0.1, 0.15) is 18.9 Å². The smallest absolute Gasteiger partial charge is 0.222 e. The highest BCUT2D eigenvalue weighted by atomic mass is 19.1. The van der Waals surface area contributed by atoms with Crippen LogP contribution in [0.5, 0.6) is 0 Å². The van der Waals surface area contributed by atoms with Gasteiger partial charge < -0.3 is 4.90 Å². The number of carbonyl (C=O) groups is 1. The van der Waals surface area contributed by atoms with Crippen molar-refractivity contribution in [3.05, 3.63) is 35.6 Å². The Morgan fingerprint density at radius 2 is 2.00 bits per heavy atom. The van der Waals surface area contributed by atoms with Crippen LogP contribution in [0.15, 0.2) is 24.3 Å². The van der Waals surface area contributed by atoms with Crippen LogP contribution in [0.4, 0.5) is 4.39 Å². The number of piperazine rings is 1. The van der Waals surface area contributed by atoms with Crippen molar-refractivity contribution in [1.29, 1.82) is 0 Å². The second kappa shape index (κ2) is 5.96. The summed E-state index contributed by atoms with van der Waals surface area (Å²) in [6, 6.07) is 6.71. The molecule has 0 saturated carbocycles. The highest BCUT2D eigenvalue weighted by Crippen LogP contribution is 2.10. The van der Waals surface area contributed by atoms with Crippen LogP contribution >= 0.6 is 0 Å². The van der Waals surface area contributed by atoms with Crippen molar-refractivity contribution >= 4 is 5.91 Å². The Hall–Kier alpha value is -1.42. The van der Waals surface area contributed by atoms with E-state index in [1.807, 2.05) is 17.9 Å². The number of hydrogen-bond donors (Lipinski definition) is 0. The number of rotatable bonds is 3. The molecular weight excluding hydrogens is 231 g/mol. The number of amides is 1. The molecule has 1 aromatic carbocycles. The molecule has 98 valence electrons. The lowest BCUT2D eigenvalue weighted by atomic mass is 10.2. The average molecular weight is 250 g/mol. The first-order valence-electron chi connectivity index (χ1n) is 6.43. The normalized spacial score (nSPS) is 16.9. The molecule has 1 fully saturated rings. The zero-order valence-electron chi connectivity index (χ0n) is 10.7. The Balaban J connectivity index is 1.85. The van der Waals surface area contributed by atoms with Crippen molar-refractivity contribution in [3.63, 3.8) is 0 Å². The van der Waals surface area contributed by atoms with Crippen LogP contribution < -0.4 is 0 Å². The van der Waals surface area contributed by atoms with Gasteiger partial charge in [-0.05, 0) is 17.7 Å². The second-order valence-electron chi connectivity index (χ2n) is 4.64. The molecule has 0 spiro atoms. The maximum absolute atomic E-state index is 13.1. The summed E-state index contributed by atoms with van der Waals surface area (Å²) in [5, 5.41) is 0. The van der Waals surface area contributed by atoms with Crippen LogP contribution in [-0.4, -0.2) is 41.9 Å². The van der Waals surface area contributed by atoms with Gasteiger partial charge in [0.1, 0.15) is 5.82 Å². The van der Waals surface area contributed by atoms with Crippen molar-refractivity contribution in [3.8, 4) is 0 Å². The van der Waals surface area contributed by atoms with E-state index >= 15 is 0 Å². The first-order valence-corrected chi connectivity index (χ1v) is 6.43. The van der Waals surface area contributed by atoms with Gasteiger partial charge in [0.2, 0.25) is 5.91 Å². The van der Waals surface area contributed by atoms with Gasteiger partial charge in [-0.1, -0.05) is 19.1 Å². The highest BCUT2D eigenvalue weighted by Gasteiger charge is 2.19. The predicted octanol–water partition coefficient (Wildman–Crippen LogP) is 1.88. The maximum atomic E-state index is 13.1. The molecule has 0 radical (unpaired) electrons. The van der Waals surface area contributed by atoms with Crippen molar-refractivity contribution in [2.75, 3.05) is 26.2 Å². The SMILES string of the molecule is CCC(=O)N1CCN(Cc2cccc(F)c2)CC1. The minimum absolute atomic E-state index is 0.188. The maximum Gasteiger partial charge on any atom is 0.222 e. The van der Waals surface area contributed by atoms with E-state index < -0.39 is 0 Å². The first-order chi connectivity index (χ1) is 8.69. The van der Waals surface area contributed by atoms with Gasteiger partial charge in [0.15, 0.2) is 0 Å². The van der Waals surface area contributed by atoms with Gasteiger partial charge in [0.05, 0.1) is 0 Å². The minimum Gasteiger partial charge on any atom is -0.340 e. The van der Waals surface area contributed by atoms with Crippen LogP contribution in [0.2, 0.25) is 0 Å². The van der Waals surface area contributed by atoms with E-state index in [1.165, 1.54) is 6.07 Å². The molecule has 4 heteroatoms. The lowest BCUT2D eigenvalue weighted by molar-refractivity contribution is -0.132. The molecule has 18 heavy (non-hydrogen) atoms. The van der Waals surface area contributed by atoms with E-state index in [0.717, 1.165) is 38.3 Å². The van der Waals surface area contributed by atoms with Gasteiger partial charge in [-0.15, -0.1) is 0 Å². The van der Waals surface area contributed by atoms with E-state index in [-0.39, 0.29) is 11.7 Å². The van der Waals surface area contributed by atoms with E-state index in [1.54, 1.807) is 12.1 Å². The van der Waals surface area contributed by atoms with Gasteiger partial charge in [0.25, 0.3) is 0 Å². The van der Waals surface area contributed by atoms with E-state index in [2.05, 4.69) is 4.90 Å². The molecule has 1 aliphatic rings. The number of hydrogen-bond acceptors (Lipinski definition) is 2. The lowest BCUT2D eigenvalue weighted by Gasteiger charge is -2.34. The third-order valence-electron chi connectivity index (χ3n) is 3.32. The monoisotopic (exact) mass is 250 g/mol. The van der Waals surface area contributed by atoms with Crippen LogP contribution in [-0.2, 0) is 11.3 Å². The summed E-state index contributed by atoms with van der Waals surface area (Å²) < 4.78 is 13.1. The van der Waals surface area contributed by atoms with E-state index in [4.69, 9.17) is 0 Å². The Morgan fingerprint density at radius 1 is 1.28 bits per heavy atom. The molecule has 1 heterocycles. The Kier molecular flexibility index (Phi) is 4.31. The summed E-state index contributed by atoms with van der Waals surface area (Å²) in [6.07, 6.45) is 0.573. The molecule has 0 aliphatic carbocycles. The minimum atomic E-state index is -0.188. The van der Waals surface area contributed by atoms with Gasteiger partial charge in [-0.25, -0.2) is 4.39 Å². The lowest BCUT2D eigenvalue weighted by Crippen LogP contribution is -2.48. The Morgan fingerprint density at radius 3 is 2.61 bits per heavy atom. The summed E-state index contributed by atoms with van der Waals surface area (Å²) in [6.45, 7) is 5.93. The standard InChI is InChI=1S/C14H19FN2O/c1-2-14(18)17-8-6-16(7-9-17)11-12-4-3-5-13(15)10-12/h3-5,10H,2,6-9,11H2,1H3. The summed E-state index contributed by atoms with van der Waals surface area (Å²) in [4.78, 5) is 15.7. The summed E-state index contributed by atoms with van der Waals surface area (Å²) >= 11 is 0. The fourth-order valence-electron chi connectivity index (χ4n) is 2.27. The molecule has 2 rings (SSSR count). The molecule has 0 bridgehead atoms. The Labute approximate surface area is 107 Å². The van der Waals surface area contributed by atoms with E-state index in [0.29, 0.717) is 6.42 Å². The molecule has 0 N–H and O–H groups in total. The fraction of sp³-hybridized carbons (Fsp3) is 0.500. The summed E-state index contributed by atoms with van der Waals surface area (Å²) in [7, 11) is 0. The molecule has 1 aromatic rings. The predicted molar refractivity (Wildman–Crippen MR) is 68.5 cm³/mol.